The largest absolute Gasteiger partial charge is 0.458 e. The fraction of sp³-hybridized carbons (Fsp3) is 0.353. The van der Waals surface area contributed by atoms with Gasteiger partial charge >= 0.3 is 6.01 Å². The number of hydrogen-bond acceptors (Lipinski definition) is 4. The minimum absolute atomic E-state index is 0.0858. The van der Waals surface area contributed by atoms with Crippen molar-refractivity contribution in [2.45, 2.75) is 25.4 Å². The van der Waals surface area contributed by atoms with E-state index in [1.165, 1.54) is 12.4 Å². The number of likely N-dealkylation sites (tertiary alicyclic amines) is 1. The van der Waals surface area contributed by atoms with Crippen molar-refractivity contribution < 1.29 is 9.53 Å². The lowest BCUT2D eigenvalue weighted by Gasteiger charge is -2.32. The molecule has 0 spiro atoms. The molecule has 0 unspecified atom stereocenters. The van der Waals surface area contributed by atoms with E-state index in [-0.39, 0.29) is 18.0 Å². The van der Waals surface area contributed by atoms with Gasteiger partial charge in [0.2, 0.25) is 5.91 Å². The summed E-state index contributed by atoms with van der Waals surface area (Å²) in [4.78, 5) is 22.4. The van der Waals surface area contributed by atoms with E-state index in [1.807, 2.05) is 17.0 Å². The lowest BCUT2D eigenvalue weighted by molar-refractivity contribution is -0.133. The maximum Gasteiger partial charge on any atom is 0.316 e. The number of piperidine rings is 1. The highest BCUT2D eigenvalue weighted by molar-refractivity contribution is 6.30. The van der Waals surface area contributed by atoms with Gasteiger partial charge in [0, 0.05) is 11.6 Å². The highest BCUT2D eigenvalue weighted by atomic mass is 35.5. The van der Waals surface area contributed by atoms with Crippen LogP contribution < -0.4 is 4.74 Å². The molecule has 2 heterocycles. The number of amides is 1. The second kappa shape index (κ2) is 7.81. The first-order chi connectivity index (χ1) is 11.6. The molecule has 1 aromatic heterocycles. The standard InChI is InChI=1S/C17H17Cl2N3O2/c18-13-5-3-12(4-6-13)8-16(23)22-7-1-2-15(11-22)24-17-20-9-14(19)10-21-17/h3-6,9-10,15H,1-2,7-8,11H2/t15-/m0/s1. The van der Waals surface area contributed by atoms with E-state index in [0.717, 1.165) is 24.9 Å². The maximum absolute atomic E-state index is 12.5. The van der Waals surface area contributed by atoms with Crippen molar-refractivity contribution in [2.75, 3.05) is 13.1 Å². The third-order valence-corrected chi connectivity index (χ3v) is 4.32. The molecule has 1 amide bonds. The maximum atomic E-state index is 12.5. The zero-order chi connectivity index (χ0) is 16.9. The minimum atomic E-state index is -0.103. The molecule has 1 aromatic carbocycles. The Morgan fingerprint density at radius 1 is 1.17 bits per heavy atom. The molecular weight excluding hydrogens is 349 g/mol. The van der Waals surface area contributed by atoms with Crippen molar-refractivity contribution in [3.8, 4) is 6.01 Å². The molecule has 0 bridgehead atoms. The lowest BCUT2D eigenvalue weighted by atomic mass is 10.1. The molecule has 0 aliphatic carbocycles. The van der Waals surface area contributed by atoms with Crippen molar-refractivity contribution in [3.63, 3.8) is 0 Å². The summed E-state index contributed by atoms with van der Waals surface area (Å²) >= 11 is 11.6. The summed E-state index contributed by atoms with van der Waals surface area (Å²) in [7, 11) is 0. The molecule has 1 aliphatic heterocycles. The predicted octanol–water partition coefficient (Wildman–Crippen LogP) is 3.40. The Morgan fingerprint density at radius 2 is 1.88 bits per heavy atom. The van der Waals surface area contributed by atoms with E-state index in [9.17, 15) is 4.79 Å². The number of nitrogens with zero attached hydrogens (tertiary/aromatic N) is 3. The SMILES string of the molecule is O=C(Cc1ccc(Cl)cc1)N1CCC[C@H](Oc2ncc(Cl)cn2)C1. The summed E-state index contributed by atoms with van der Waals surface area (Å²) in [6.07, 6.45) is 5.02. The van der Waals surface area contributed by atoms with Crippen LogP contribution in [-0.4, -0.2) is 40.0 Å². The quantitative estimate of drug-likeness (QED) is 0.832. The first-order valence-electron chi connectivity index (χ1n) is 7.76. The third kappa shape index (κ3) is 4.58. The first-order valence-corrected chi connectivity index (χ1v) is 8.52. The van der Waals surface area contributed by atoms with Crippen molar-refractivity contribution in [1.82, 2.24) is 14.9 Å². The third-order valence-electron chi connectivity index (χ3n) is 3.87. The summed E-state index contributed by atoms with van der Waals surface area (Å²) in [6, 6.07) is 7.63. The molecule has 126 valence electrons. The Labute approximate surface area is 150 Å². The Kier molecular flexibility index (Phi) is 5.53. The van der Waals surface area contributed by atoms with Gasteiger partial charge in [-0.15, -0.1) is 0 Å². The molecule has 5 nitrogen and oxygen atoms in total. The average molecular weight is 366 g/mol. The summed E-state index contributed by atoms with van der Waals surface area (Å²) in [5.41, 5.74) is 0.952. The first kappa shape index (κ1) is 17.0. The van der Waals surface area contributed by atoms with Crippen molar-refractivity contribution in [3.05, 3.63) is 52.3 Å². The zero-order valence-electron chi connectivity index (χ0n) is 13.0. The van der Waals surface area contributed by atoms with Gasteiger partial charge < -0.3 is 9.64 Å². The Bertz CT molecular complexity index is 692. The van der Waals surface area contributed by atoms with Crippen molar-refractivity contribution in [2.24, 2.45) is 0 Å². The lowest BCUT2D eigenvalue weighted by Crippen LogP contribution is -2.45. The summed E-state index contributed by atoms with van der Waals surface area (Å²) < 4.78 is 5.76. The topological polar surface area (TPSA) is 55.3 Å². The highest BCUT2D eigenvalue weighted by Crippen LogP contribution is 2.18. The fourth-order valence-electron chi connectivity index (χ4n) is 2.66. The highest BCUT2D eigenvalue weighted by Gasteiger charge is 2.25. The molecule has 7 heteroatoms. The molecular formula is C17H17Cl2N3O2. The number of hydrogen-bond donors (Lipinski definition) is 0. The molecule has 0 N–H and O–H groups in total. The van der Waals surface area contributed by atoms with Crippen molar-refractivity contribution in [1.29, 1.82) is 0 Å². The molecule has 0 radical (unpaired) electrons. The summed E-state index contributed by atoms with van der Waals surface area (Å²) in [6.45, 7) is 1.28. The number of carbonyl (C=O) groups is 1. The number of halogens is 2. The second-order valence-electron chi connectivity index (χ2n) is 5.71. The average Bonchev–Trinajstić information content (AvgIpc) is 2.59. The number of ether oxygens (including phenoxy) is 1. The van der Waals surface area contributed by atoms with E-state index >= 15 is 0 Å². The van der Waals surface area contributed by atoms with Gasteiger partial charge in [0.05, 0.1) is 30.4 Å². The van der Waals surface area contributed by atoms with Gasteiger partial charge in [0.15, 0.2) is 0 Å². The summed E-state index contributed by atoms with van der Waals surface area (Å²) in [5, 5.41) is 1.13. The van der Waals surface area contributed by atoms with Crippen LogP contribution in [0.1, 0.15) is 18.4 Å². The van der Waals surface area contributed by atoms with Crippen LogP contribution in [0.25, 0.3) is 0 Å². The molecule has 24 heavy (non-hydrogen) atoms. The molecule has 1 atom stereocenters. The number of benzene rings is 1. The molecule has 1 aliphatic rings. The monoisotopic (exact) mass is 365 g/mol. The van der Waals surface area contributed by atoms with Gasteiger partial charge in [-0.2, -0.15) is 0 Å². The number of aromatic nitrogens is 2. The van der Waals surface area contributed by atoms with Crippen LogP contribution >= 0.6 is 23.2 Å². The van der Waals surface area contributed by atoms with Gasteiger partial charge in [-0.1, -0.05) is 35.3 Å². The van der Waals surface area contributed by atoms with Crippen molar-refractivity contribution >= 4 is 29.1 Å². The van der Waals surface area contributed by atoms with Crippen LogP contribution in [0, 0.1) is 0 Å². The van der Waals surface area contributed by atoms with E-state index in [4.69, 9.17) is 27.9 Å². The van der Waals surface area contributed by atoms with Crippen LogP contribution in [0.4, 0.5) is 0 Å². The van der Waals surface area contributed by atoms with Gasteiger partial charge in [-0.25, -0.2) is 9.97 Å². The van der Waals surface area contributed by atoms with Gasteiger partial charge in [0.25, 0.3) is 0 Å². The molecule has 0 saturated carbocycles. The van der Waals surface area contributed by atoms with Crippen LogP contribution in [0.15, 0.2) is 36.7 Å². The Balaban J connectivity index is 1.57. The van der Waals surface area contributed by atoms with Gasteiger partial charge in [-0.3, -0.25) is 4.79 Å². The molecule has 1 saturated heterocycles. The zero-order valence-corrected chi connectivity index (χ0v) is 14.5. The van der Waals surface area contributed by atoms with E-state index in [1.54, 1.807) is 12.1 Å². The predicted molar refractivity (Wildman–Crippen MR) is 92.4 cm³/mol. The summed E-state index contributed by atoms with van der Waals surface area (Å²) in [5.74, 6) is 0.0858. The van der Waals surface area contributed by atoms with E-state index in [0.29, 0.717) is 23.0 Å². The number of carbonyl (C=O) groups excluding carboxylic acids is 1. The van der Waals surface area contributed by atoms with Gasteiger partial charge in [-0.05, 0) is 30.5 Å². The minimum Gasteiger partial charge on any atom is -0.458 e. The van der Waals surface area contributed by atoms with Crippen LogP contribution in [0.3, 0.4) is 0 Å². The van der Waals surface area contributed by atoms with Crippen LogP contribution in [0.5, 0.6) is 6.01 Å². The normalized spacial score (nSPS) is 17.6. The molecule has 1 fully saturated rings. The second-order valence-corrected chi connectivity index (χ2v) is 6.58. The van der Waals surface area contributed by atoms with E-state index < -0.39 is 0 Å². The number of rotatable bonds is 4. The molecule has 2 aromatic rings. The smallest absolute Gasteiger partial charge is 0.316 e. The van der Waals surface area contributed by atoms with Crippen LogP contribution in [0.2, 0.25) is 10.0 Å². The Hall–Kier alpha value is -1.85. The van der Waals surface area contributed by atoms with Gasteiger partial charge in [0.1, 0.15) is 6.10 Å². The van der Waals surface area contributed by atoms with Crippen LogP contribution in [-0.2, 0) is 11.2 Å². The van der Waals surface area contributed by atoms with E-state index in [2.05, 4.69) is 9.97 Å². The fourth-order valence-corrected chi connectivity index (χ4v) is 2.88. The Morgan fingerprint density at radius 3 is 2.58 bits per heavy atom. The molecule has 3 rings (SSSR count).